The molecular formula is C42H57N3O4. The highest BCUT2D eigenvalue weighted by atomic mass is 16.6. The van der Waals surface area contributed by atoms with E-state index in [-0.39, 0.29) is 11.8 Å². The summed E-state index contributed by atoms with van der Waals surface area (Å²) in [5, 5.41) is 0.813. The van der Waals surface area contributed by atoms with Gasteiger partial charge in [-0.25, -0.2) is 14.3 Å². The molecule has 2 aromatic heterocycles. The third-order valence-corrected chi connectivity index (χ3v) is 8.61. The van der Waals surface area contributed by atoms with Gasteiger partial charge in [0.15, 0.2) is 0 Å². The second kappa shape index (κ2) is 15.3. The van der Waals surface area contributed by atoms with E-state index in [1.54, 1.807) is 10.8 Å². The summed E-state index contributed by atoms with van der Waals surface area (Å²) >= 11 is 0. The van der Waals surface area contributed by atoms with Crippen LogP contribution in [-0.4, -0.2) is 51.7 Å². The number of hydrogen-bond acceptors (Lipinski definition) is 5. The van der Waals surface area contributed by atoms with E-state index in [9.17, 15) is 9.59 Å². The highest BCUT2D eigenvalue weighted by Crippen LogP contribution is 2.41. The lowest BCUT2D eigenvalue weighted by molar-refractivity contribution is -0.137. The summed E-state index contributed by atoms with van der Waals surface area (Å²) in [5.74, 6) is 0.620. The van der Waals surface area contributed by atoms with Crippen molar-refractivity contribution >= 4 is 23.0 Å². The molecule has 0 aliphatic rings. The molecule has 0 saturated carbocycles. The van der Waals surface area contributed by atoms with E-state index in [4.69, 9.17) is 14.5 Å². The van der Waals surface area contributed by atoms with E-state index in [1.807, 2.05) is 57.7 Å². The largest absolute Gasteiger partial charge is 0.443 e. The van der Waals surface area contributed by atoms with Crippen LogP contribution in [0.4, 0.5) is 4.79 Å². The molecule has 7 nitrogen and oxygen atoms in total. The number of pyridine rings is 1. The van der Waals surface area contributed by atoms with Gasteiger partial charge in [0.1, 0.15) is 11.2 Å². The Kier molecular flexibility index (Phi) is 11.8. The van der Waals surface area contributed by atoms with Gasteiger partial charge >= 0.3 is 6.09 Å². The average Bonchev–Trinajstić information content (AvgIpc) is 3.34. The number of hydrogen-bond donors (Lipinski definition) is 0. The van der Waals surface area contributed by atoms with Gasteiger partial charge in [0.2, 0.25) is 5.91 Å². The molecule has 2 aromatic carbocycles. The van der Waals surface area contributed by atoms with Crippen molar-refractivity contribution in [3.8, 4) is 11.3 Å². The summed E-state index contributed by atoms with van der Waals surface area (Å²) in [7, 11) is 0. The third kappa shape index (κ3) is 9.18. The molecule has 0 spiro atoms. The second-order valence-electron chi connectivity index (χ2n) is 16.1. The first kappa shape index (κ1) is 37.8. The number of benzene rings is 2. The first-order chi connectivity index (χ1) is 22.9. The molecule has 0 N–H and O–H groups in total. The number of carbonyl (C=O) groups excluding carboxylic acids is 2. The first-order valence-electron chi connectivity index (χ1n) is 17.7. The fourth-order valence-corrected chi connectivity index (χ4v) is 6.56. The van der Waals surface area contributed by atoms with Crippen LogP contribution in [0.3, 0.4) is 0 Å². The highest BCUT2D eigenvalue weighted by Gasteiger charge is 2.37. The Morgan fingerprint density at radius 2 is 1.45 bits per heavy atom. The van der Waals surface area contributed by atoms with E-state index >= 15 is 0 Å². The van der Waals surface area contributed by atoms with Gasteiger partial charge in [-0.1, -0.05) is 82.1 Å². The summed E-state index contributed by atoms with van der Waals surface area (Å²) < 4.78 is 14.0. The number of rotatable bonds is 12. The van der Waals surface area contributed by atoms with Crippen LogP contribution in [0.5, 0.6) is 0 Å². The van der Waals surface area contributed by atoms with Crippen LogP contribution in [0.1, 0.15) is 103 Å². The molecule has 1 amide bonds. The van der Waals surface area contributed by atoms with Gasteiger partial charge in [-0.15, -0.1) is 0 Å². The molecule has 0 aliphatic carbocycles. The Bertz CT molecular complexity index is 1730. The molecule has 49 heavy (non-hydrogen) atoms. The van der Waals surface area contributed by atoms with Crippen LogP contribution in [0, 0.1) is 25.7 Å². The first-order valence-corrected chi connectivity index (χ1v) is 17.7. The van der Waals surface area contributed by atoms with Crippen molar-refractivity contribution < 1.29 is 19.1 Å². The number of aryl methyl sites for hydroxylation is 2. The normalized spacial score (nSPS) is 12.9. The van der Waals surface area contributed by atoms with Crippen molar-refractivity contribution in [2.24, 2.45) is 11.8 Å². The number of nitrogens with zero attached hydrogens (tertiary/aromatic N) is 3. The topological polar surface area (TPSA) is 73.7 Å². The van der Waals surface area contributed by atoms with Gasteiger partial charge in [0.05, 0.1) is 24.3 Å². The number of carbonyl (C=O) groups is 2. The van der Waals surface area contributed by atoms with E-state index in [0.29, 0.717) is 43.8 Å². The molecule has 4 rings (SSSR count). The molecule has 0 fully saturated rings. The Hall–Kier alpha value is -3.97. The fraction of sp³-hybridized carbons (Fsp3) is 0.500. The van der Waals surface area contributed by atoms with Crippen LogP contribution >= 0.6 is 0 Å². The average molecular weight is 668 g/mol. The molecule has 2 heterocycles. The van der Waals surface area contributed by atoms with E-state index in [0.717, 1.165) is 44.5 Å². The van der Waals surface area contributed by atoms with Crippen LogP contribution in [0.25, 0.3) is 22.3 Å². The molecule has 0 unspecified atom stereocenters. The molecule has 7 heteroatoms. The maximum absolute atomic E-state index is 14.3. The predicted octanol–water partition coefficient (Wildman–Crippen LogP) is 9.84. The van der Waals surface area contributed by atoms with Crippen molar-refractivity contribution in [1.82, 2.24) is 14.5 Å². The summed E-state index contributed by atoms with van der Waals surface area (Å²) in [6, 6.07) is 18.5. The SMILES string of the molecule is Cc1cc(C)cc(-c2c([C@H](C)COCc3ccccc3)c3cc(C(C)(C)C(=O)N(CC(C)C)CC(C)C)cnc3n2C(=O)OC(C)(C)C)c1. The van der Waals surface area contributed by atoms with Crippen molar-refractivity contribution in [1.29, 1.82) is 0 Å². The zero-order valence-corrected chi connectivity index (χ0v) is 31.8. The minimum Gasteiger partial charge on any atom is -0.443 e. The Labute approximate surface area is 294 Å². The lowest BCUT2D eigenvalue weighted by atomic mass is 9.82. The van der Waals surface area contributed by atoms with E-state index < -0.39 is 17.1 Å². The lowest BCUT2D eigenvalue weighted by Crippen LogP contribution is -2.46. The molecule has 0 bridgehead atoms. The van der Waals surface area contributed by atoms with Crippen LogP contribution in [-0.2, 0) is 26.3 Å². The van der Waals surface area contributed by atoms with Crippen LogP contribution in [0.15, 0.2) is 60.8 Å². The summed E-state index contributed by atoms with van der Waals surface area (Å²) in [4.78, 5) is 35.4. The van der Waals surface area contributed by atoms with Crippen molar-refractivity contribution in [3.63, 3.8) is 0 Å². The zero-order valence-electron chi connectivity index (χ0n) is 31.8. The number of aromatic nitrogens is 2. The molecule has 0 saturated heterocycles. The summed E-state index contributed by atoms with van der Waals surface area (Å²) in [5.41, 5.74) is 5.58. The maximum atomic E-state index is 14.3. The van der Waals surface area contributed by atoms with Crippen LogP contribution in [0.2, 0.25) is 0 Å². The predicted molar refractivity (Wildman–Crippen MR) is 200 cm³/mol. The quantitative estimate of drug-likeness (QED) is 0.150. The molecule has 4 aromatic rings. The highest BCUT2D eigenvalue weighted by molar-refractivity contribution is 5.99. The van der Waals surface area contributed by atoms with Gasteiger partial charge in [-0.05, 0) is 101 Å². The maximum Gasteiger partial charge on any atom is 0.420 e. The number of fused-ring (bicyclic) bond motifs is 1. The van der Waals surface area contributed by atoms with Crippen molar-refractivity contribution in [2.75, 3.05) is 19.7 Å². The summed E-state index contributed by atoms with van der Waals surface area (Å²) in [6.45, 7) is 26.6. The van der Waals surface area contributed by atoms with Gasteiger partial charge in [-0.2, -0.15) is 0 Å². The van der Waals surface area contributed by atoms with Gasteiger partial charge in [0, 0.05) is 30.6 Å². The van der Waals surface area contributed by atoms with Crippen molar-refractivity contribution in [3.05, 3.63) is 88.6 Å². The minimum absolute atomic E-state index is 0.0675. The van der Waals surface area contributed by atoms with Gasteiger partial charge in [0.25, 0.3) is 0 Å². The van der Waals surface area contributed by atoms with E-state index in [1.165, 1.54) is 0 Å². The Morgan fingerprint density at radius 1 is 0.857 bits per heavy atom. The zero-order chi connectivity index (χ0) is 36.3. The standard InChI is InChI=1S/C42H57N3O4/c1-27(2)23-44(24-28(3)4)39(46)42(11,12)34-21-35-36(31(7)25-48-26-32-16-14-13-15-17-32)37(33-19-29(5)18-30(6)20-33)45(38(35)43-22-34)40(47)49-41(8,9)10/h13-22,27-28,31H,23-26H2,1-12H3/t31-/m1/s1. The van der Waals surface area contributed by atoms with Crippen molar-refractivity contribution in [2.45, 2.75) is 107 Å². The van der Waals surface area contributed by atoms with E-state index in [2.05, 4.69) is 84.9 Å². The molecule has 0 radical (unpaired) electrons. The number of amides is 1. The smallest absolute Gasteiger partial charge is 0.420 e. The monoisotopic (exact) mass is 667 g/mol. The fourth-order valence-electron chi connectivity index (χ4n) is 6.56. The lowest BCUT2D eigenvalue weighted by Gasteiger charge is -2.34. The van der Waals surface area contributed by atoms with Crippen LogP contribution < -0.4 is 0 Å². The molecule has 1 atom stereocenters. The summed E-state index contributed by atoms with van der Waals surface area (Å²) in [6.07, 6.45) is 1.27. The Morgan fingerprint density at radius 3 is 2.00 bits per heavy atom. The second-order valence-corrected chi connectivity index (χ2v) is 16.1. The van der Waals surface area contributed by atoms with Gasteiger partial charge in [-0.3, -0.25) is 4.79 Å². The molecule has 264 valence electrons. The molecule has 0 aliphatic heterocycles. The third-order valence-electron chi connectivity index (χ3n) is 8.61. The minimum atomic E-state index is -0.858. The Balaban J connectivity index is 1.96. The molecular weight excluding hydrogens is 610 g/mol. The van der Waals surface area contributed by atoms with Gasteiger partial charge < -0.3 is 14.4 Å². The number of ether oxygens (including phenoxy) is 2.